The third kappa shape index (κ3) is 2.25. The van der Waals surface area contributed by atoms with Gasteiger partial charge in [0.1, 0.15) is 0 Å². The van der Waals surface area contributed by atoms with Crippen LogP contribution >= 0.6 is 0 Å². The van der Waals surface area contributed by atoms with Crippen molar-refractivity contribution in [3.8, 4) is 22.8 Å². The summed E-state index contributed by atoms with van der Waals surface area (Å²) in [5, 5.41) is 3.04. The predicted octanol–water partition coefficient (Wildman–Crippen LogP) is 3.01. The molecule has 1 aliphatic heterocycles. The lowest BCUT2D eigenvalue weighted by molar-refractivity contribution is 0.0893. The number of aromatic amines is 1. The summed E-state index contributed by atoms with van der Waals surface area (Å²) < 4.78 is 0. The van der Waals surface area contributed by atoms with Crippen LogP contribution in [0.25, 0.3) is 22.8 Å². The summed E-state index contributed by atoms with van der Waals surface area (Å²) in [4.78, 5) is 29.2. The van der Waals surface area contributed by atoms with Crippen LogP contribution in [0, 0.1) is 6.92 Å². The highest BCUT2D eigenvalue weighted by atomic mass is 16.1. The molecule has 0 saturated heterocycles. The molecule has 0 aromatic carbocycles. The summed E-state index contributed by atoms with van der Waals surface area (Å²) in [6, 6.07) is 7.71. The number of pyridine rings is 1. The smallest absolute Gasteiger partial charge is 0.253 e. The number of amides is 1. The zero-order chi connectivity index (χ0) is 17.7. The van der Waals surface area contributed by atoms with Crippen LogP contribution in [-0.2, 0) is 5.41 Å². The van der Waals surface area contributed by atoms with E-state index >= 15 is 0 Å². The molecule has 1 spiro atoms. The molecule has 130 valence electrons. The van der Waals surface area contributed by atoms with Crippen molar-refractivity contribution in [3.63, 3.8) is 0 Å². The molecule has 0 atom stereocenters. The highest BCUT2D eigenvalue weighted by Crippen LogP contribution is 2.46. The minimum Gasteiger partial charge on any atom is -0.356 e. The molecule has 2 N–H and O–H groups in total. The van der Waals surface area contributed by atoms with Crippen LogP contribution in [0.1, 0.15) is 41.0 Å². The van der Waals surface area contributed by atoms with Crippen LogP contribution in [0.4, 0.5) is 0 Å². The van der Waals surface area contributed by atoms with Gasteiger partial charge in [0.25, 0.3) is 5.91 Å². The lowest BCUT2D eigenvalue weighted by atomic mass is 9.64. The van der Waals surface area contributed by atoms with E-state index in [1.165, 1.54) is 6.42 Å². The van der Waals surface area contributed by atoms with E-state index in [1.54, 1.807) is 12.4 Å². The zero-order valence-corrected chi connectivity index (χ0v) is 14.5. The number of rotatable bonds is 2. The molecule has 26 heavy (non-hydrogen) atoms. The third-order valence-electron chi connectivity index (χ3n) is 5.59. The highest BCUT2D eigenvalue weighted by Gasteiger charge is 2.45. The zero-order valence-electron chi connectivity index (χ0n) is 14.5. The second-order valence-corrected chi connectivity index (χ2v) is 7.24. The van der Waals surface area contributed by atoms with E-state index in [9.17, 15) is 4.79 Å². The molecule has 2 aliphatic rings. The molecule has 1 fully saturated rings. The van der Waals surface area contributed by atoms with Gasteiger partial charge >= 0.3 is 0 Å². The monoisotopic (exact) mass is 345 g/mol. The van der Waals surface area contributed by atoms with Crippen LogP contribution in [0.15, 0.2) is 36.7 Å². The van der Waals surface area contributed by atoms with Crippen LogP contribution in [0.5, 0.6) is 0 Å². The summed E-state index contributed by atoms with van der Waals surface area (Å²) in [5.41, 5.74) is 5.39. The number of nitrogens with one attached hydrogen (secondary N) is 2. The number of carbonyl (C=O) groups excluding carboxylic acids is 1. The first-order chi connectivity index (χ1) is 12.6. The van der Waals surface area contributed by atoms with E-state index in [1.807, 2.05) is 31.2 Å². The molecule has 3 aromatic heterocycles. The number of aromatic nitrogens is 4. The van der Waals surface area contributed by atoms with Crippen molar-refractivity contribution in [3.05, 3.63) is 53.6 Å². The van der Waals surface area contributed by atoms with Crippen LogP contribution in [0.2, 0.25) is 0 Å². The second-order valence-electron chi connectivity index (χ2n) is 7.24. The van der Waals surface area contributed by atoms with Crippen molar-refractivity contribution in [2.45, 2.75) is 31.6 Å². The molecular formula is C20H19N5O. The van der Waals surface area contributed by atoms with Gasteiger partial charge in [-0.1, -0.05) is 6.42 Å². The number of carbonyl (C=O) groups is 1. The molecule has 1 amide bonds. The molecule has 1 saturated carbocycles. The average molecular weight is 345 g/mol. The van der Waals surface area contributed by atoms with Crippen LogP contribution in [0.3, 0.4) is 0 Å². The third-order valence-corrected chi connectivity index (χ3v) is 5.59. The molecule has 0 unspecified atom stereocenters. The summed E-state index contributed by atoms with van der Waals surface area (Å²) in [6.07, 6.45) is 6.97. The Bertz CT molecular complexity index is 1000. The van der Waals surface area contributed by atoms with Gasteiger partial charge in [0.05, 0.1) is 17.0 Å². The molecule has 6 nitrogen and oxygen atoms in total. The first kappa shape index (κ1) is 15.3. The van der Waals surface area contributed by atoms with E-state index in [0.717, 1.165) is 53.3 Å². The molecule has 4 heterocycles. The second kappa shape index (κ2) is 5.49. The normalized spacial score (nSPS) is 17.5. The molecule has 6 heteroatoms. The average Bonchev–Trinajstić information content (AvgIpc) is 3.08. The Balaban J connectivity index is 1.57. The van der Waals surface area contributed by atoms with E-state index in [2.05, 4.69) is 25.3 Å². The molecule has 1 aliphatic carbocycles. The van der Waals surface area contributed by atoms with E-state index in [4.69, 9.17) is 0 Å². The molecule has 0 bridgehead atoms. The van der Waals surface area contributed by atoms with Gasteiger partial charge in [-0.3, -0.25) is 9.78 Å². The summed E-state index contributed by atoms with van der Waals surface area (Å²) in [7, 11) is 0. The maximum absolute atomic E-state index is 12.3. The minimum absolute atomic E-state index is 0.00274. The number of hydrogen-bond acceptors (Lipinski definition) is 4. The van der Waals surface area contributed by atoms with Gasteiger partial charge in [0.2, 0.25) is 0 Å². The van der Waals surface area contributed by atoms with E-state index in [0.29, 0.717) is 5.82 Å². The molecule has 3 aromatic rings. The fourth-order valence-corrected chi connectivity index (χ4v) is 3.90. The maximum atomic E-state index is 12.3. The van der Waals surface area contributed by atoms with Gasteiger partial charge in [-0.2, -0.15) is 0 Å². The SMILES string of the molecule is Cc1ccc(-c2nccc(-c3cc4c([nH]3)C3(CCC3)CNC4=O)n2)cn1. The van der Waals surface area contributed by atoms with E-state index < -0.39 is 0 Å². The van der Waals surface area contributed by atoms with Gasteiger partial charge in [-0.25, -0.2) is 9.97 Å². The summed E-state index contributed by atoms with van der Waals surface area (Å²) in [6.45, 7) is 2.68. The van der Waals surface area contributed by atoms with Gasteiger partial charge in [0.15, 0.2) is 5.82 Å². The van der Waals surface area contributed by atoms with Gasteiger partial charge in [-0.05, 0) is 44.0 Å². The first-order valence-corrected chi connectivity index (χ1v) is 8.93. The van der Waals surface area contributed by atoms with Crippen molar-refractivity contribution in [2.24, 2.45) is 0 Å². The number of fused-ring (bicyclic) bond motifs is 2. The Morgan fingerprint density at radius 1 is 1.15 bits per heavy atom. The highest BCUT2D eigenvalue weighted by molar-refractivity contribution is 5.98. The van der Waals surface area contributed by atoms with Crippen molar-refractivity contribution in [2.75, 3.05) is 6.54 Å². The minimum atomic E-state index is -0.00274. The number of nitrogens with zero attached hydrogens (tertiary/aromatic N) is 3. The Kier molecular flexibility index (Phi) is 3.22. The Hall–Kier alpha value is -3.02. The largest absolute Gasteiger partial charge is 0.356 e. The fraction of sp³-hybridized carbons (Fsp3) is 0.300. The maximum Gasteiger partial charge on any atom is 0.253 e. The summed E-state index contributed by atoms with van der Waals surface area (Å²) in [5.74, 6) is 0.627. The van der Waals surface area contributed by atoms with Gasteiger partial charge in [0, 0.05) is 41.3 Å². The fourth-order valence-electron chi connectivity index (χ4n) is 3.90. The Morgan fingerprint density at radius 3 is 2.77 bits per heavy atom. The van der Waals surface area contributed by atoms with Crippen molar-refractivity contribution in [1.82, 2.24) is 25.3 Å². The van der Waals surface area contributed by atoms with Crippen molar-refractivity contribution >= 4 is 5.91 Å². The van der Waals surface area contributed by atoms with E-state index in [-0.39, 0.29) is 11.3 Å². The quantitative estimate of drug-likeness (QED) is 0.748. The topological polar surface area (TPSA) is 83.6 Å². The molecule has 5 rings (SSSR count). The van der Waals surface area contributed by atoms with Crippen molar-refractivity contribution in [1.29, 1.82) is 0 Å². The lowest BCUT2D eigenvalue weighted by Gasteiger charge is -2.44. The predicted molar refractivity (Wildman–Crippen MR) is 97.6 cm³/mol. The lowest BCUT2D eigenvalue weighted by Crippen LogP contribution is -2.50. The Labute approximate surface area is 151 Å². The number of hydrogen-bond donors (Lipinski definition) is 2. The number of aryl methyl sites for hydroxylation is 1. The first-order valence-electron chi connectivity index (χ1n) is 8.93. The standard InChI is InChI=1S/C20H19N5O/c1-12-3-4-13(10-22-12)18-21-8-5-15(25-18)16-9-14-17(24-16)20(6-2-7-20)11-23-19(14)26/h3-5,8-10,24H,2,6-7,11H2,1H3,(H,23,26). The Morgan fingerprint density at radius 2 is 2.04 bits per heavy atom. The number of H-pyrrole nitrogens is 1. The van der Waals surface area contributed by atoms with Crippen LogP contribution < -0.4 is 5.32 Å². The van der Waals surface area contributed by atoms with Crippen LogP contribution in [-0.4, -0.2) is 32.4 Å². The molecule has 0 radical (unpaired) electrons. The van der Waals surface area contributed by atoms with Gasteiger partial charge in [-0.15, -0.1) is 0 Å². The summed E-state index contributed by atoms with van der Waals surface area (Å²) >= 11 is 0. The molecular weight excluding hydrogens is 326 g/mol. The van der Waals surface area contributed by atoms with Crippen molar-refractivity contribution < 1.29 is 4.79 Å². The van der Waals surface area contributed by atoms with Gasteiger partial charge < -0.3 is 10.3 Å².